The molecule has 1 saturated heterocycles. The van der Waals surface area contributed by atoms with Crippen molar-refractivity contribution in [3.8, 4) is 11.4 Å². The van der Waals surface area contributed by atoms with Gasteiger partial charge in [-0.3, -0.25) is 4.79 Å². The Hall–Kier alpha value is -3.37. The number of aromatic nitrogens is 2. The Balaban J connectivity index is 1.47. The maximum atomic E-state index is 13.1. The van der Waals surface area contributed by atoms with Crippen molar-refractivity contribution in [1.29, 1.82) is 0 Å². The molecular formula is C23H19F6N3O2. The summed E-state index contributed by atoms with van der Waals surface area (Å²) in [5, 5.41) is 3.98. The maximum absolute atomic E-state index is 13.1. The standard InChI is InChI=1S/C23H19F6N3O2/c1-13-2-4-14(5-3-13)19-30-20(34-31-19)15-6-8-32(9-7-15)21(33)16-10-17(22(24,25)26)12-18(11-16)23(27,28)29/h2-5,10-12,15H,6-9H2,1H3. The van der Waals surface area contributed by atoms with Gasteiger partial charge in [0.25, 0.3) is 5.91 Å². The number of halogens is 6. The van der Waals surface area contributed by atoms with Crippen LogP contribution in [-0.4, -0.2) is 34.0 Å². The lowest BCUT2D eigenvalue weighted by Crippen LogP contribution is -2.38. The van der Waals surface area contributed by atoms with E-state index in [4.69, 9.17) is 4.52 Å². The fourth-order valence-corrected chi connectivity index (χ4v) is 3.81. The number of nitrogens with zero attached hydrogens (tertiary/aromatic N) is 3. The Labute approximate surface area is 190 Å². The second-order valence-electron chi connectivity index (χ2n) is 8.18. The van der Waals surface area contributed by atoms with E-state index < -0.39 is 35.0 Å². The third-order valence-electron chi connectivity index (χ3n) is 5.72. The molecule has 5 nitrogen and oxygen atoms in total. The molecule has 0 atom stereocenters. The molecule has 1 aromatic heterocycles. The molecule has 1 fully saturated rings. The highest BCUT2D eigenvalue weighted by atomic mass is 19.4. The second-order valence-corrected chi connectivity index (χ2v) is 8.18. The van der Waals surface area contributed by atoms with Gasteiger partial charge in [-0.05, 0) is 38.0 Å². The first-order chi connectivity index (χ1) is 15.9. The van der Waals surface area contributed by atoms with Gasteiger partial charge in [-0.15, -0.1) is 0 Å². The minimum atomic E-state index is -5.02. The Morgan fingerprint density at radius 3 is 2.03 bits per heavy atom. The van der Waals surface area contributed by atoms with Crippen LogP contribution in [0.1, 0.15) is 51.7 Å². The fourth-order valence-electron chi connectivity index (χ4n) is 3.81. The van der Waals surface area contributed by atoms with Gasteiger partial charge >= 0.3 is 12.4 Å². The van der Waals surface area contributed by atoms with E-state index >= 15 is 0 Å². The quantitative estimate of drug-likeness (QED) is 0.423. The van der Waals surface area contributed by atoms with Crippen LogP contribution in [0, 0.1) is 6.92 Å². The Morgan fingerprint density at radius 1 is 0.941 bits per heavy atom. The summed E-state index contributed by atoms with van der Waals surface area (Å²) in [5.41, 5.74) is -1.84. The third-order valence-corrected chi connectivity index (χ3v) is 5.72. The van der Waals surface area contributed by atoms with Gasteiger partial charge in [0.05, 0.1) is 11.1 Å². The van der Waals surface area contributed by atoms with Crippen molar-refractivity contribution >= 4 is 5.91 Å². The van der Waals surface area contributed by atoms with Crippen molar-refractivity contribution in [2.24, 2.45) is 0 Å². The van der Waals surface area contributed by atoms with Crippen LogP contribution >= 0.6 is 0 Å². The molecule has 0 N–H and O–H groups in total. The van der Waals surface area contributed by atoms with Gasteiger partial charge in [0, 0.05) is 30.1 Å². The molecule has 34 heavy (non-hydrogen) atoms. The van der Waals surface area contributed by atoms with Crippen LogP contribution < -0.4 is 0 Å². The molecule has 0 aliphatic carbocycles. The van der Waals surface area contributed by atoms with Crippen molar-refractivity contribution in [2.75, 3.05) is 13.1 Å². The molecule has 1 aliphatic rings. The number of hydrogen-bond acceptors (Lipinski definition) is 4. The fraction of sp³-hybridized carbons (Fsp3) is 0.348. The summed E-state index contributed by atoms with van der Waals surface area (Å²) in [6, 6.07) is 8.45. The van der Waals surface area contributed by atoms with Gasteiger partial charge in [0.15, 0.2) is 0 Å². The molecule has 0 spiro atoms. The van der Waals surface area contributed by atoms with Gasteiger partial charge in [-0.1, -0.05) is 35.0 Å². The largest absolute Gasteiger partial charge is 0.416 e. The minimum Gasteiger partial charge on any atom is -0.339 e. The summed E-state index contributed by atoms with van der Waals surface area (Å²) < 4.78 is 84.0. The number of piperidine rings is 1. The van der Waals surface area contributed by atoms with Gasteiger partial charge < -0.3 is 9.42 Å². The van der Waals surface area contributed by atoms with Crippen molar-refractivity contribution < 1.29 is 35.7 Å². The van der Waals surface area contributed by atoms with Crippen LogP contribution in [0.15, 0.2) is 47.0 Å². The lowest BCUT2D eigenvalue weighted by molar-refractivity contribution is -0.143. The number of likely N-dealkylation sites (tertiary alicyclic amines) is 1. The van der Waals surface area contributed by atoms with Gasteiger partial charge in [-0.2, -0.15) is 31.3 Å². The summed E-state index contributed by atoms with van der Waals surface area (Å²) in [7, 11) is 0. The van der Waals surface area contributed by atoms with E-state index in [1.54, 1.807) is 0 Å². The third kappa shape index (κ3) is 5.07. The molecule has 3 aromatic rings. The molecule has 4 rings (SSSR count). The minimum absolute atomic E-state index is 0.00419. The maximum Gasteiger partial charge on any atom is 0.416 e. The molecule has 11 heteroatoms. The Morgan fingerprint density at radius 2 is 1.50 bits per heavy atom. The summed E-state index contributed by atoms with van der Waals surface area (Å²) in [4.78, 5) is 18.4. The molecule has 2 aromatic carbocycles. The second kappa shape index (κ2) is 8.77. The van der Waals surface area contributed by atoms with Crippen LogP contribution in [0.2, 0.25) is 0 Å². The molecule has 180 valence electrons. The zero-order valence-corrected chi connectivity index (χ0v) is 17.9. The normalized spacial score (nSPS) is 15.6. The summed E-state index contributed by atoms with van der Waals surface area (Å²) in [6.45, 7) is 2.20. The average molecular weight is 483 g/mol. The molecule has 0 saturated carbocycles. The van der Waals surface area contributed by atoms with Gasteiger partial charge in [0.1, 0.15) is 0 Å². The van der Waals surface area contributed by atoms with E-state index in [9.17, 15) is 31.1 Å². The summed E-state index contributed by atoms with van der Waals surface area (Å²) in [5.74, 6) is -0.276. The van der Waals surface area contributed by atoms with E-state index in [1.807, 2.05) is 31.2 Å². The molecule has 2 heterocycles. The predicted octanol–water partition coefficient (Wildman–Crippen LogP) is 6.10. The van der Waals surface area contributed by atoms with Gasteiger partial charge in [-0.25, -0.2) is 0 Å². The number of hydrogen-bond donors (Lipinski definition) is 0. The van der Waals surface area contributed by atoms with Crippen molar-refractivity contribution in [2.45, 2.75) is 38.0 Å². The lowest BCUT2D eigenvalue weighted by atomic mass is 9.95. The number of alkyl halides is 6. The molecule has 0 radical (unpaired) electrons. The first-order valence-corrected chi connectivity index (χ1v) is 10.4. The van der Waals surface area contributed by atoms with Crippen LogP contribution in [0.5, 0.6) is 0 Å². The molecule has 0 unspecified atom stereocenters. The van der Waals surface area contributed by atoms with Gasteiger partial charge in [0.2, 0.25) is 11.7 Å². The van der Waals surface area contributed by atoms with Crippen LogP contribution in [0.4, 0.5) is 26.3 Å². The first kappa shape index (κ1) is 23.8. The number of carbonyl (C=O) groups is 1. The monoisotopic (exact) mass is 483 g/mol. The highest BCUT2D eigenvalue weighted by molar-refractivity contribution is 5.94. The summed E-state index contributed by atoms with van der Waals surface area (Å²) >= 11 is 0. The molecule has 1 amide bonds. The van der Waals surface area contributed by atoms with E-state index in [-0.39, 0.29) is 25.1 Å². The zero-order chi connectivity index (χ0) is 24.7. The Bertz CT molecular complexity index is 1140. The molecule has 1 aliphatic heterocycles. The smallest absolute Gasteiger partial charge is 0.339 e. The van der Waals surface area contributed by atoms with Crippen LogP contribution in [0.3, 0.4) is 0 Å². The lowest BCUT2D eigenvalue weighted by Gasteiger charge is -2.30. The highest BCUT2D eigenvalue weighted by Crippen LogP contribution is 2.37. The van der Waals surface area contributed by atoms with E-state index in [1.165, 1.54) is 4.90 Å². The topological polar surface area (TPSA) is 59.2 Å². The number of benzene rings is 2. The van der Waals surface area contributed by atoms with Crippen LogP contribution in [0.25, 0.3) is 11.4 Å². The first-order valence-electron chi connectivity index (χ1n) is 10.4. The zero-order valence-electron chi connectivity index (χ0n) is 17.9. The van der Waals surface area contributed by atoms with E-state index in [0.717, 1.165) is 11.1 Å². The van der Waals surface area contributed by atoms with E-state index in [0.29, 0.717) is 36.7 Å². The highest BCUT2D eigenvalue weighted by Gasteiger charge is 2.38. The molecular weight excluding hydrogens is 464 g/mol. The van der Waals surface area contributed by atoms with Crippen molar-refractivity contribution in [3.05, 3.63) is 70.6 Å². The van der Waals surface area contributed by atoms with Crippen molar-refractivity contribution in [3.63, 3.8) is 0 Å². The Kier molecular flexibility index (Phi) is 6.13. The average Bonchev–Trinajstić information content (AvgIpc) is 3.28. The van der Waals surface area contributed by atoms with Crippen LogP contribution in [-0.2, 0) is 12.4 Å². The summed E-state index contributed by atoms with van der Waals surface area (Å²) in [6.07, 6.45) is -9.27. The number of aryl methyl sites for hydroxylation is 1. The molecule has 0 bridgehead atoms. The van der Waals surface area contributed by atoms with E-state index in [2.05, 4.69) is 10.1 Å². The van der Waals surface area contributed by atoms with Crippen molar-refractivity contribution in [1.82, 2.24) is 15.0 Å². The number of rotatable bonds is 3. The number of carbonyl (C=O) groups excluding carboxylic acids is 1. The number of amides is 1. The SMILES string of the molecule is Cc1ccc(-c2noc(C3CCN(C(=O)c4cc(C(F)(F)F)cc(C(F)(F)F)c4)CC3)n2)cc1. The predicted molar refractivity (Wildman–Crippen MR) is 109 cm³/mol.